The summed E-state index contributed by atoms with van der Waals surface area (Å²) >= 11 is 1.66. The third-order valence-corrected chi connectivity index (χ3v) is 3.29. The SMILES string of the molecule is CCCNc1cc(Cc2nccs2)nc(CC)n1. The van der Waals surface area contributed by atoms with Crippen molar-refractivity contribution in [3.8, 4) is 0 Å². The van der Waals surface area contributed by atoms with Crippen molar-refractivity contribution in [1.29, 1.82) is 0 Å². The van der Waals surface area contributed by atoms with Gasteiger partial charge in [-0.05, 0) is 6.42 Å². The molecule has 4 nitrogen and oxygen atoms in total. The molecule has 0 fully saturated rings. The van der Waals surface area contributed by atoms with Gasteiger partial charge in [0.1, 0.15) is 11.6 Å². The highest BCUT2D eigenvalue weighted by atomic mass is 32.1. The van der Waals surface area contributed by atoms with Gasteiger partial charge in [-0.3, -0.25) is 0 Å². The molecule has 0 aliphatic rings. The molecule has 0 bridgehead atoms. The van der Waals surface area contributed by atoms with Crippen molar-refractivity contribution in [2.24, 2.45) is 0 Å². The average Bonchev–Trinajstić information content (AvgIpc) is 2.89. The standard InChI is InChI=1S/C13H18N4S/c1-3-5-14-12-8-10(16-11(4-2)17-12)9-13-15-6-7-18-13/h6-8H,3-5,9H2,1-2H3,(H,14,16,17). The predicted molar refractivity (Wildman–Crippen MR) is 75.1 cm³/mol. The highest BCUT2D eigenvalue weighted by Crippen LogP contribution is 2.14. The van der Waals surface area contributed by atoms with Gasteiger partial charge >= 0.3 is 0 Å². The molecule has 2 aromatic rings. The van der Waals surface area contributed by atoms with Crippen molar-refractivity contribution in [3.63, 3.8) is 0 Å². The number of aryl methyl sites for hydroxylation is 1. The summed E-state index contributed by atoms with van der Waals surface area (Å²) < 4.78 is 0. The molecule has 0 aliphatic heterocycles. The van der Waals surface area contributed by atoms with Gasteiger partial charge in [-0.25, -0.2) is 15.0 Å². The monoisotopic (exact) mass is 262 g/mol. The van der Waals surface area contributed by atoms with E-state index in [0.717, 1.165) is 48.2 Å². The third-order valence-electron chi connectivity index (χ3n) is 2.51. The fraction of sp³-hybridized carbons (Fsp3) is 0.462. The van der Waals surface area contributed by atoms with Gasteiger partial charge < -0.3 is 5.32 Å². The van der Waals surface area contributed by atoms with E-state index in [0.29, 0.717) is 0 Å². The number of nitrogens with one attached hydrogen (secondary N) is 1. The van der Waals surface area contributed by atoms with Crippen molar-refractivity contribution in [2.45, 2.75) is 33.1 Å². The van der Waals surface area contributed by atoms with Gasteiger partial charge in [-0.2, -0.15) is 0 Å². The number of nitrogens with zero attached hydrogens (tertiary/aromatic N) is 3. The Morgan fingerprint density at radius 3 is 2.83 bits per heavy atom. The average molecular weight is 262 g/mol. The second-order valence-electron chi connectivity index (χ2n) is 4.04. The molecular weight excluding hydrogens is 244 g/mol. The highest BCUT2D eigenvalue weighted by molar-refractivity contribution is 7.09. The van der Waals surface area contributed by atoms with Gasteiger partial charge in [-0.15, -0.1) is 11.3 Å². The first-order chi connectivity index (χ1) is 8.81. The van der Waals surface area contributed by atoms with Crippen LogP contribution in [0.15, 0.2) is 17.6 Å². The van der Waals surface area contributed by atoms with E-state index in [4.69, 9.17) is 0 Å². The van der Waals surface area contributed by atoms with Crippen LogP contribution in [0.5, 0.6) is 0 Å². The van der Waals surface area contributed by atoms with Crippen LogP contribution in [-0.2, 0) is 12.8 Å². The molecule has 0 aliphatic carbocycles. The summed E-state index contributed by atoms with van der Waals surface area (Å²) in [6.45, 7) is 5.16. The molecule has 0 atom stereocenters. The first-order valence-corrected chi connectivity index (χ1v) is 7.18. The number of aromatic nitrogens is 3. The molecule has 2 rings (SSSR count). The third kappa shape index (κ3) is 3.50. The van der Waals surface area contributed by atoms with Crippen molar-refractivity contribution in [2.75, 3.05) is 11.9 Å². The molecule has 0 radical (unpaired) electrons. The van der Waals surface area contributed by atoms with Gasteiger partial charge in [0.2, 0.25) is 0 Å². The molecular formula is C13H18N4S. The Bertz CT molecular complexity index is 482. The van der Waals surface area contributed by atoms with Crippen LogP contribution in [-0.4, -0.2) is 21.5 Å². The Kier molecular flexibility index (Phi) is 4.64. The number of hydrogen-bond donors (Lipinski definition) is 1. The number of anilines is 1. The number of hydrogen-bond acceptors (Lipinski definition) is 5. The molecule has 5 heteroatoms. The lowest BCUT2D eigenvalue weighted by molar-refractivity contribution is 0.883. The van der Waals surface area contributed by atoms with Crippen molar-refractivity contribution >= 4 is 17.2 Å². The van der Waals surface area contributed by atoms with E-state index in [2.05, 4.69) is 34.1 Å². The fourth-order valence-corrected chi connectivity index (χ4v) is 2.27. The number of rotatable bonds is 6. The summed E-state index contributed by atoms with van der Waals surface area (Å²) in [5.41, 5.74) is 1.04. The zero-order valence-corrected chi connectivity index (χ0v) is 11.6. The lowest BCUT2D eigenvalue weighted by Gasteiger charge is -2.08. The lowest BCUT2D eigenvalue weighted by atomic mass is 10.3. The van der Waals surface area contributed by atoms with Crippen molar-refractivity contribution in [1.82, 2.24) is 15.0 Å². The first kappa shape index (κ1) is 13.0. The van der Waals surface area contributed by atoms with Crippen molar-refractivity contribution in [3.05, 3.63) is 34.2 Å². The van der Waals surface area contributed by atoms with Crippen LogP contribution < -0.4 is 5.32 Å². The zero-order valence-electron chi connectivity index (χ0n) is 10.8. The van der Waals surface area contributed by atoms with Gasteiger partial charge in [0, 0.05) is 37.0 Å². The molecule has 1 N–H and O–H groups in total. The predicted octanol–water partition coefficient (Wildman–Crippen LogP) is 2.91. The molecule has 0 spiro atoms. The minimum atomic E-state index is 0.786. The summed E-state index contributed by atoms with van der Waals surface area (Å²) in [5, 5.41) is 6.41. The maximum Gasteiger partial charge on any atom is 0.130 e. The fourth-order valence-electron chi connectivity index (χ4n) is 1.64. The topological polar surface area (TPSA) is 50.7 Å². The second kappa shape index (κ2) is 6.44. The van der Waals surface area contributed by atoms with E-state index in [1.54, 1.807) is 11.3 Å². The van der Waals surface area contributed by atoms with Crippen LogP contribution in [0.3, 0.4) is 0 Å². The minimum absolute atomic E-state index is 0.786. The highest BCUT2D eigenvalue weighted by Gasteiger charge is 2.05. The first-order valence-electron chi connectivity index (χ1n) is 6.31. The smallest absolute Gasteiger partial charge is 0.130 e. The largest absolute Gasteiger partial charge is 0.370 e. The lowest BCUT2D eigenvalue weighted by Crippen LogP contribution is -2.07. The van der Waals surface area contributed by atoms with Crippen LogP contribution in [0.25, 0.3) is 0 Å². The van der Waals surface area contributed by atoms with Crippen LogP contribution >= 0.6 is 11.3 Å². The molecule has 18 heavy (non-hydrogen) atoms. The normalized spacial score (nSPS) is 10.6. The second-order valence-corrected chi connectivity index (χ2v) is 5.02. The Morgan fingerprint density at radius 1 is 1.28 bits per heavy atom. The molecule has 2 aromatic heterocycles. The van der Waals surface area contributed by atoms with Gasteiger partial charge in [0.05, 0.1) is 10.7 Å². The summed E-state index contributed by atoms with van der Waals surface area (Å²) in [7, 11) is 0. The van der Waals surface area contributed by atoms with E-state index in [1.807, 2.05) is 17.6 Å². The van der Waals surface area contributed by atoms with Crippen LogP contribution in [0.4, 0.5) is 5.82 Å². The number of thiazole rings is 1. The Hall–Kier alpha value is -1.49. The van der Waals surface area contributed by atoms with E-state index < -0.39 is 0 Å². The van der Waals surface area contributed by atoms with Gasteiger partial charge in [0.25, 0.3) is 0 Å². The Balaban J connectivity index is 2.17. The summed E-state index contributed by atoms with van der Waals surface area (Å²) in [6, 6.07) is 2.02. The van der Waals surface area contributed by atoms with Crippen LogP contribution in [0.1, 0.15) is 36.8 Å². The molecule has 0 saturated heterocycles. The summed E-state index contributed by atoms with van der Waals surface area (Å²) in [6.07, 6.45) is 4.56. The molecule has 0 aromatic carbocycles. The zero-order chi connectivity index (χ0) is 12.8. The van der Waals surface area contributed by atoms with Crippen LogP contribution in [0, 0.1) is 0 Å². The molecule has 0 unspecified atom stereocenters. The molecule has 0 saturated carbocycles. The molecule has 2 heterocycles. The minimum Gasteiger partial charge on any atom is -0.370 e. The summed E-state index contributed by atoms with van der Waals surface area (Å²) in [5.74, 6) is 1.82. The Morgan fingerprint density at radius 2 is 2.17 bits per heavy atom. The van der Waals surface area contributed by atoms with Crippen LogP contribution in [0.2, 0.25) is 0 Å². The Labute approximate surface area is 112 Å². The van der Waals surface area contributed by atoms with E-state index in [1.165, 1.54) is 0 Å². The van der Waals surface area contributed by atoms with Gasteiger partial charge in [-0.1, -0.05) is 13.8 Å². The summed E-state index contributed by atoms with van der Waals surface area (Å²) in [4.78, 5) is 13.3. The van der Waals surface area contributed by atoms with Crippen molar-refractivity contribution < 1.29 is 0 Å². The van der Waals surface area contributed by atoms with E-state index >= 15 is 0 Å². The molecule has 96 valence electrons. The van der Waals surface area contributed by atoms with E-state index in [9.17, 15) is 0 Å². The van der Waals surface area contributed by atoms with Gasteiger partial charge in [0.15, 0.2) is 0 Å². The maximum atomic E-state index is 4.55. The quantitative estimate of drug-likeness (QED) is 0.869. The van der Waals surface area contributed by atoms with E-state index in [-0.39, 0.29) is 0 Å². The maximum absolute atomic E-state index is 4.55. The molecule has 0 amide bonds.